The van der Waals surface area contributed by atoms with Gasteiger partial charge in [-0.15, -0.1) is 10.2 Å². The third-order valence-electron chi connectivity index (χ3n) is 4.18. The average molecular weight is 471 g/mol. The van der Waals surface area contributed by atoms with Crippen LogP contribution in [0.1, 0.15) is 10.4 Å². The largest absolute Gasteiger partial charge is 0.296 e. The lowest BCUT2D eigenvalue weighted by atomic mass is 10.2. The second-order valence-electron chi connectivity index (χ2n) is 6.35. The molecule has 0 aliphatic carbocycles. The molecule has 0 unspecified atom stereocenters. The molecule has 1 heterocycles. The smallest absolute Gasteiger partial charge is 0.261 e. The monoisotopic (exact) mass is 470 g/mol. The molecule has 0 spiro atoms. The Kier molecular flexibility index (Phi) is 5.99. The molecule has 156 valence electrons. The summed E-state index contributed by atoms with van der Waals surface area (Å²) in [7, 11) is -3.80. The lowest BCUT2D eigenvalue weighted by molar-refractivity contribution is 0.102. The van der Waals surface area contributed by atoms with Crippen LogP contribution in [0, 0.1) is 0 Å². The minimum Gasteiger partial charge on any atom is -0.296 e. The number of aromatic nitrogens is 2. The van der Waals surface area contributed by atoms with E-state index in [1.54, 1.807) is 18.2 Å². The summed E-state index contributed by atoms with van der Waals surface area (Å²) in [6.45, 7) is 0. The molecule has 0 atom stereocenters. The lowest BCUT2D eigenvalue weighted by Gasteiger charge is -2.10. The number of nitrogens with one attached hydrogen (secondary N) is 2. The van der Waals surface area contributed by atoms with E-state index < -0.39 is 15.9 Å². The number of benzene rings is 3. The van der Waals surface area contributed by atoms with Gasteiger partial charge in [-0.2, -0.15) is 0 Å². The van der Waals surface area contributed by atoms with Gasteiger partial charge < -0.3 is 0 Å². The first-order chi connectivity index (χ1) is 14.9. The number of rotatable bonds is 6. The first kappa shape index (κ1) is 21.0. The van der Waals surface area contributed by atoms with Gasteiger partial charge in [0.2, 0.25) is 5.13 Å². The highest BCUT2D eigenvalue weighted by Gasteiger charge is 2.18. The van der Waals surface area contributed by atoms with Gasteiger partial charge in [0.05, 0.1) is 15.5 Å². The van der Waals surface area contributed by atoms with E-state index in [1.807, 2.05) is 30.3 Å². The molecule has 4 rings (SSSR count). The van der Waals surface area contributed by atoms with Crippen molar-refractivity contribution in [2.45, 2.75) is 4.90 Å². The van der Waals surface area contributed by atoms with Crippen molar-refractivity contribution in [3.05, 3.63) is 89.4 Å². The Morgan fingerprint density at radius 3 is 2.29 bits per heavy atom. The van der Waals surface area contributed by atoms with Crippen LogP contribution in [0.25, 0.3) is 10.6 Å². The molecular weight excluding hydrogens is 456 g/mol. The number of hydrogen-bond acceptors (Lipinski definition) is 6. The summed E-state index contributed by atoms with van der Waals surface area (Å²) in [6, 6.07) is 21.7. The zero-order chi connectivity index (χ0) is 21.8. The van der Waals surface area contributed by atoms with Crippen LogP contribution in [0.15, 0.2) is 83.8 Å². The number of anilines is 2. The van der Waals surface area contributed by atoms with E-state index in [2.05, 4.69) is 20.2 Å². The van der Waals surface area contributed by atoms with Gasteiger partial charge in [0.15, 0.2) is 0 Å². The van der Waals surface area contributed by atoms with Crippen molar-refractivity contribution < 1.29 is 13.2 Å². The highest BCUT2D eigenvalue weighted by Crippen LogP contribution is 2.28. The zero-order valence-corrected chi connectivity index (χ0v) is 18.2. The minimum atomic E-state index is -3.80. The van der Waals surface area contributed by atoms with E-state index in [1.165, 1.54) is 41.7 Å². The van der Waals surface area contributed by atoms with E-state index in [9.17, 15) is 13.2 Å². The van der Waals surface area contributed by atoms with Crippen LogP contribution in [0.3, 0.4) is 0 Å². The van der Waals surface area contributed by atoms with Crippen LogP contribution in [0.2, 0.25) is 5.02 Å². The zero-order valence-electron chi connectivity index (χ0n) is 15.8. The van der Waals surface area contributed by atoms with E-state index in [0.29, 0.717) is 10.1 Å². The fraction of sp³-hybridized carbons (Fsp3) is 0. The Morgan fingerprint density at radius 1 is 0.903 bits per heavy atom. The fourth-order valence-corrected chi connectivity index (χ4v) is 4.73. The van der Waals surface area contributed by atoms with Crippen molar-refractivity contribution in [2.75, 3.05) is 10.0 Å². The van der Waals surface area contributed by atoms with Crippen molar-refractivity contribution >= 4 is 49.7 Å². The van der Waals surface area contributed by atoms with Crippen molar-refractivity contribution in [1.29, 1.82) is 0 Å². The van der Waals surface area contributed by atoms with Crippen LogP contribution in [0.4, 0.5) is 10.8 Å². The Balaban J connectivity index is 1.53. The first-order valence-electron chi connectivity index (χ1n) is 9.00. The molecule has 2 N–H and O–H groups in total. The van der Waals surface area contributed by atoms with Crippen molar-refractivity contribution in [1.82, 2.24) is 10.2 Å². The van der Waals surface area contributed by atoms with Crippen LogP contribution in [-0.2, 0) is 10.0 Å². The standard InChI is InChI=1S/C21H15ClN4O3S2/c22-18-12-11-15(26-31(28,29)16-9-5-2-6-10-16)13-17(18)19(27)23-21-25-24-20(30-21)14-7-3-1-4-8-14/h1-13,26H,(H,23,25,27). The number of sulfonamides is 1. The van der Waals surface area contributed by atoms with E-state index in [-0.39, 0.29) is 21.2 Å². The van der Waals surface area contributed by atoms with E-state index >= 15 is 0 Å². The Hall–Kier alpha value is -3.27. The van der Waals surface area contributed by atoms with Gasteiger partial charge in [-0.05, 0) is 30.3 Å². The molecule has 0 bridgehead atoms. The van der Waals surface area contributed by atoms with E-state index in [4.69, 9.17) is 11.6 Å². The summed E-state index contributed by atoms with van der Waals surface area (Å²) < 4.78 is 27.5. The number of nitrogens with zero attached hydrogens (tertiary/aromatic N) is 2. The highest BCUT2D eigenvalue weighted by atomic mass is 35.5. The third kappa shape index (κ3) is 4.91. The topological polar surface area (TPSA) is 101 Å². The first-order valence-corrected chi connectivity index (χ1v) is 11.7. The highest BCUT2D eigenvalue weighted by molar-refractivity contribution is 7.92. The summed E-state index contributed by atoms with van der Waals surface area (Å²) in [5, 5.41) is 11.9. The van der Waals surface area contributed by atoms with Gasteiger partial charge in [0.1, 0.15) is 5.01 Å². The number of amides is 1. The average Bonchev–Trinajstić information content (AvgIpc) is 3.24. The second kappa shape index (κ2) is 8.84. The molecule has 0 saturated heterocycles. The van der Waals surface area contributed by atoms with Gasteiger partial charge in [-0.3, -0.25) is 14.8 Å². The number of halogens is 1. The minimum absolute atomic E-state index is 0.103. The van der Waals surface area contributed by atoms with Crippen LogP contribution in [0.5, 0.6) is 0 Å². The van der Waals surface area contributed by atoms with Crippen LogP contribution < -0.4 is 10.0 Å². The number of carbonyl (C=O) groups excluding carboxylic acids is 1. The Labute approximate surface area is 187 Å². The van der Waals surface area contributed by atoms with E-state index in [0.717, 1.165) is 5.56 Å². The van der Waals surface area contributed by atoms with Crippen molar-refractivity contribution in [3.8, 4) is 10.6 Å². The molecule has 0 aliphatic rings. The maximum atomic E-state index is 12.7. The predicted molar refractivity (Wildman–Crippen MR) is 122 cm³/mol. The van der Waals surface area contributed by atoms with Gasteiger partial charge in [0.25, 0.3) is 15.9 Å². The fourth-order valence-electron chi connectivity index (χ4n) is 2.71. The Morgan fingerprint density at radius 2 is 1.58 bits per heavy atom. The molecule has 10 heteroatoms. The summed E-state index contributed by atoms with van der Waals surface area (Å²) in [5.41, 5.74) is 1.20. The molecule has 3 aromatic carbocycles. The van der Waals surface area contributed by atoms with Gasteiger partial charge >= 0.3 is 0 Å². The molecular formula is C21H15ClN4O3S2. The quantitative estimate of drug-likeness (QED) is 0.417. The number of carbonyl (C=O) groups is 1. The third-order valence-corrected chi connectivity index (χ3v) is 6.80. The van der Waals surface area contributed by atoms with Gasteiger partial charge in [-0.25, -0.2) is 8.42 Å². The van der Waals surface area contributed by atoms with Gasteiger partial charge in [0, 0.05) is 11.3 Å². The summed E-state index contributed by atoms with van der Waals surface area (Å²) in [6.07, 6.45) is 0. The van der Waals surface area contributed by atoms with Crippen LogP contribution >= 0.6 is 22.9 Å². The molecule has 31 heavy (non-hydrogen) atoms. The number of hydrogen-bond donors (Lipinski definition) is 2. The molecule has 1 aromatic heterocycles. The molecule has 0 fully saturated rings. The summed E-state index contributed by atoms with van der Waals surface area (Å²) in [5.74, 6) is -0.526. The molecule has 0 saturated carbocycles. The normalized spacial score (nSPS) is 11.1. The molecule has 4 aromatic rings. The maximum Gasteiger partial charge on any atom is 0.261 e. The Bertz CT molecular complexity index is 1330. The summed E-state index contributed by atoms with van der Waals surface area (Å²) >= 11 is 7.39. The molecule has 7 nitrogen and oxygen atoms in total. The summed E-state index contributed by atoms with van der Waals surface area (Å²) in [4.78, 5) is 12.8. The van der Waals surface area contributed by atoms with Crippen molar-refractivity contribution in [2.24, 2.45) is 0 Å². The van der Waals surface area contributed by atoms with Crippen LogP contribution in [-0.4, -0.2) is 24.5 Å². The molecule has 0 radical (unpaired) electrons. The second-order valence-corrected chi connectivity index (χ2v) is 9.41. The predicted octanol–water partition coefficient (Wildman–Crippen LogP) is 4.91. The SMILES string of the molecule is O=C(Nc1nnc(-c2ccccc2)s1)c1cc(NS(=O)(=O)c2ccccc2)ccc1Cl. The lowest BCUT2D eigenvalue weighted by Crippen LogP contribution is -2.15. The van der Waals surface area contributed by atoms with Gasteiger partial charge in [-0.1, -0.05) is 71.5 Å². The maximum absolute atomic E-state index is 12.7. The van der Waals surface area contributed by atoms with Crippen molar-refractivity contribution in [3.63, 3.8) is 0 Å². The molecule has 0 aliphatic heterocycles. The molecule has 1 amide bonds.